The van der Waals surface area contributed by atoms with Crippen LogP contribution in [0.15, 0.2) is 89.9 Å². The average molecular weight is 591 g/mol. The van der Waals surface area contributed by atoms with E-state index in [0.717, 1.165) is 11.1 Å². The highest BCUT2D eigenvalue weighted by atomic mass is 16.6. The number of nitrogens with one attached hydrogen (secondary N) is 3. The van der Waals surface area contributed by atoms with E-state index in [1.807, 2.05) is 36.4 Å². The minimum Gasteiger partial charge on any atom is -0.444 e. The Bertz CT molecular complexity index is 1330. The maximum absolute atomic E-state index is 12.5. The number of hydrogen-bond donors (Lipinski definition) is 3. The van der Waals surface area contributed by atoms with Gasteiger partial charge in [-0.1, -0.05) is 60.7 Å². The molecule has 12 nitrogen and oxygen atoms in total. The summed E-state index contributed by atoms with van der Waals surface area (Å²) in [5, 5.41) is 7.29. The number of carbonyl (C=O) groups excluding carboxylic acids is 4. The van der Waals surface area contributed by atoms with Crippen LogP contribution in [0.2, 0.25) is 0 Å². The lowest BCUT2D eigenvalue weighted by Crippen LogP contribution is -2.44. The first-order valence-corrected chi connectivity index (χ1v) is 13.4. The molecule has 0 radical (unpaired) electrons. The molecule has 12 heteroatoms. The van der Waals surface area contributed by atoms with E-state index in [1.165, 1.54) is 24.3 Å². The Labute approximate surface area is 249 Å². The quantitative estimate of drug-likeness (QED) is 0.0991. The van der Waals surface area contributed by atoms with Gasteiger partial charge in [0.15, 0.2) is 0 Å². The molecule has 0 aliphatic heterocycles. The van der Waals surface area contributed by atoms with Gasteiger partial charge < -0.3 is 24.3 Å². The molecule has 3 aromatic rings. The molecule has 0 bridgehead atoms. The number of carbonyl (C=O) groups is 4. The van der Waals surface area contributed by atoms with Crippen molar-refractivity contribution < 1.29 is 38.1 Å². The molecule has 0 aliphatic carbocycles. The summed E-state index contributed by atoms with van der Waals surface area (Å²) in [5.74, 6) is -0.582. The monoisotopic (exact) mass is 590 g/mol. The zero-order valence-electron chi connectivity index (χ0n) is 24.1. The van der Waals surface area contributed by atoms with E-state index >= 15 is 0 Å². The lowest BCUT2D eigenvalue weighted by molar-refractivity contribution is -0.134. The first-order valence-electron chi connectivity index (χ1n) is 13.4. The molecule has 43 heavy (non-hydrogen) atoms. The molecular weight excluding hydrogens is 556 g/mol. The Morgan fingerprint density at radius 1 is 0.698 bits per heavy atom. The van der Waals surface area contributed by atoms with Gasteiger partial charge in [-0.05, 0) is 56.2 Å². The Hall–Kier alpha value is -5.39. The smallest absolute Gasteiger partial charge is 0.414 e. The number of ether oxygens (including phenoxy) is 4. The number of nitrogens with zero attached hydrogens (tertiary/aromatic N) is 1. The van der Waals surface area contributed by atoms with Crippen molar-refractivity contribution in [2.75, 3.05) is 6.54 Å². The summed E-state index contributed by atoms with van der Waals surface area (Å²) in [6.07, 6.45) is -2.41. The van der Waals surface area contributed by atoms with E-state index in [2.05, 4.69) is 20.9 Å². The number of esters is 1. The molecule has 0 spiro atoms. The normalized spacial score (nSPS) is 10.5. The molecule has 226 valence electrons. The Kier molecular flexibility index (Phi) is 12.1. The fraction of sp³-hybridized carbons (Fsp3) is 0.258. The van der Waals surface area contributed by atoms with E-state index in [-0.39, 0.29) is 37.9 Å². The third-order valence-corrected chi connectivity index (χ3v) is 5.17. The van der Waals surface area contributed by atoms with Crippen LogP contribution in [0.5, 0.6) is 5.75 Å². The van der Waals surface area contributed by atoms with Crippen molar-refractivity contribution in [1.29, 1.82) is 0 Å². The van der Waals surface area contributed by atoms with E-state index in [4.69, 9.17) is 18.9 Å². The van der Waals surface area contributed by atoms with Gasteiger partial charge in [0.2, 0.25) is 5.96 Å². The van der Waals surface area contributed by atoms with Gasteiger partial charge in [0.1, 0.15) is 24.6 Å². The van der Waals surface area contributed by atoms with Crippen LogP contribution in [0.25, 0.3) is 0 Å². The molecule has 0 fully saturated rings. The number of alkyl carbamates (subject to hydrolysis) is 3. The number of hydrogen-bond acceptors (Lipinski definition) is 9. The highest BCUT2D eigenvalue weighted by molar-refractivity contribution is 6.02. The standard InChI is InChI=1S/C31H34N4O8/c1-31(2,3)43-28(37)32-19-18-26(36)42-25-16-14-24(15-17-25)33-27(34-29(38)40-20-22-10-6-4-7-11-22)35-30(39)41-21-23-12-8-5-9-13-23/h4-17H,18-21H2,1-3H3,(H,32,37)(H2,33,34,35,38,39). The van der Waals surface area contributed by atoms with Crippen LogP contribution in [0, 0.1) is 0 Å². The number of benzene rings is 3. The first kappa shape index (κ1) is 32.1. The number of guanidine groups is 1. The van der Waals surface area contributed by atoms with Crippen molar-refractivity contribution in [2.24, 2.45) is 4.99 Å². The van der Waals surface area contributed by atoms with Crippen LogP contribution in [-0.4, -0.2) is 42.4 Å². The zero-order valence-corrected chi connectivity index (χ0v) is 24.1. The zero-order chi connectivity index (χ0) is 31.1. The van der Waals surface area contributed by atoms with E-state index < -0.39 is 29.9 Å². The highest BCUT2D eigenvalue weighted by Gasteiger charge is 2.16. The van der Waals surface area contributed by atoms with Gasteiger partial charge in [-0.15, -0.1) is 0 Å². The van der Waals surface area contributed by atoms with Crippen LogP contribution in [0.3, 0.4) is 0 Å². The van der Waals surface area contributed by atoms with Crippen LogP contribution in [0.1, 0.15) is 38.3 Å². The molecule has 0 saturated carbocycles. The topological polar surface area (TPSA) is 154 Å². The lowest BCUT2D eigenvalue weighted by atomic mass is 10.2. The molecule has 0 unspecified atom stereocenters. The first-order chi connectivity index (χ1) is 20.6. The predicted molar refractivity (Wildman–Crippen MR) is 158 cm³/mol. The summed E-state index contributed by atoms with van der Waals surface area (Å²) < 4.78 is 20.8. The van der Waals surface area contributed by atoms with E-state index in [0.29, 0.717) is 5.69 Å². The SMILES string of the molecule is CC(C)(C)OC(=O)NCCC(=O)Oc1ccc(N=C(NC(=O)OCc2ccccc2)NC(=O)OCc2ccccc2)cc1. The summed E-state index contributed by atoms with van der Waals surface area (Å²) in [7, 11) is 0. The highest BCUT2D eigenvalue weighted by Crippen LogP contribution is 2.18. The molecule has 3 amide bonds. The van der Waals surface area contributed by atoms with Crippen molar-refractivity contribution in [3.05, 3.63) is 96.1 Å². The number of rotatable bonds is 9. The largest absolute Gasteiger partial charge is 0.444 e. The van der Waals surface area contributed by atoms with E-state index in [1.54, 1.807) is 45.0 Å². The Morgan fingerprint density at radius 2 is 1.21 bits per heavy atom. The van der Waals surface area contributed by atoms with Gasteiger partial charge in [-0.3, -0.25) is 15.4 Å². The molecular formula is C31H34N4O8. The molecule has 0 atom stereocenters. The van der Waals surface area contributed by atoms with Crippen molar-refractivity contribution in [3.8, 4) is 5.75 Å². The predicted octanol–water partition coefficient (Wildman–Crippen LogP) is 5.35. The second kappa shape index (κ2) is 16.2. The van der Waals surface area contributed by atoms with Gasteiger partial charge in [0.05, 0.1) is 12.1 Å². The molecule has 3 rings (SSSR count). The van der Waals surface area contributed by atoms with Crippen molar-refractivity contribution in [3.63, 3.8) is 0 Å². The summed E-state index contributed by atoms with van der Waals surface area (Å²) in [5.41, 5.74) is 1.22. The average Bonchev–Trinajstić information content (AvgIpc) is 2.96. The number of amides is 3. The third-order valence-electron chi connectivity index (χ3n) is 5.17. The van der Waals surface area contributed by atoms with Crippen molar-refractivity contribution in [1.82, 2.24) is 16.0 Å². The van der Waals surface area contributed by atoms with Crippen LogP contribution in [-0.2, 0) is 32.2 Å². The van der Waals surface area contributed by atoms with Crippen molar-refractivity contribution >= 4 is 35.9 Å². The Balaban J connectivity index is 1.58. The molecule has 0 aromatic heterocycles. The fourth-order valence-electron chi connectivity index (χ4n) is 3.28. The summed E-state index contributed by atoms with van der Waals surface area (Å²) in [4.78, 5) is 53.0. The maximum Gasteiger partial charge on any atom is 0.414 e. The fourth-order valence-corrected chi connectivity index (χ4v) is 3.28. The van der Waals surface area contributed by atoms with Crippen LogP contribution >= 0.6 is 0 Å². The van der Waals surface area contributed by atoms with Gasteiger partial charge in [-0.2, -0.15) is 0 Å². The second-order valence-electron chi connectivity index (χ2n) is 9.98. The third kappa shape index (κ3) is 13.2. The van der Waals surface area contributed by atoms with Crippen molar-refractivity contribution in [2.45, 2.75) is 46.0 Å². The molecule has 0 saturated heterocycles. The number of aliphatic imine (C=N–C) groups is 1. The molecule has 0 heterocycles. The van der Waals surface area contributed by atoms with Crippen LogP contribution < -0.4 is 20.7 Å². The summed E-state index contributed by atoms with van der Waals surface area (Å²) in [6.45, 7) is 5.26. The summed E-state index contributed by atoms with van der Waals surface area (Å²) >= 11 is 0. The van der Waals surface area contributed by atoms with Gasteiger partial charge >= 0.3 is 24.2 Å². The van der Waals surface area contributed by atoms with Gasteiger partial charge in [0.25, 0.3) is 0 Å². The molecule has 3 N–H and O–H groups in total. The van der Waals surface area contributed by atoms with Crippen LogP contribution in [0.4, 0.5) is 20.1 Å². The second-order valence-corrected chi connectivity index (χ2v) is 9.98. The molecule has 0 aliphatic rings. The van der Waals surface area contributed by atoms with Gasteiger partial charge in [0, 0.05) is 6.54 Å². The Morgan fingerprint density at radius 3 is 1.70 bits per heavy atom. The molecule has 3 aromatic carbocycles. The lowest BCUT2D eigenvalue weighted by Gasteiger charge is -2.19. The van der Waals surface area contributed by atoms with E-state index in [9.17, 15) is 19.2 Å². The maximum atomic E-state index is 12.5. The summed E-state index contributed by atoms with van der Waals surface area (Å²) in [6, 6.07) is 24.1. The minimum atomic E-state index is -0.850. The minimum absolute atomic E-state index is 0.00572. The van der Waals surface area contributed by atoms with Gasteiger partial charge in [-0.25, -0.2) is 19.4 Å².